The van der Waals surface area contributed by atoms with Crippen molar-refractivity contribution in [1.29, 1.82) is 0 Å². The first kappa shape index (κ1) is 14.9. The second kappa shape index (κ2) is 6.27. The van der Waals surface area contributed by atoms with Crippen LogP contribution in [0.5, 0.6) is 0 Å². The number of aromatic nitrogens is 2. The van der Waals surface area contributed by atoms with E-state index in [0.29, 0.717) is 35.9 Å². The standard InChI is InChI=1S/C14H17N5O2/c1-10-3-4-11(9-13(10)19(20)21)12-5-7-16-14(17-12)18(2)8-6-15/h3-5,7,9H,6,8,15H2,1-2H3. The molecule has 2 rings (SSSR count). The Morgan fingerprint density at radius 3 is 2.81 bits per heavy atom. The van der Waals surface area contributed by atoms with Crippen molar-refractivity contribution < 1.29 is 4.92 Å². The number of nitrogens with zero attached hydrogens (tertiary/aromatic N) is 4. The minimum atomic E-state index is -0.387. The zero-order chi connectivity index (χ0) is 15.4. The Bertz CT molecular complexity index is 660. The summed E-state index contributed by atoms with van der Waals surface area (Å²) < 4.78 is 0. The van der Waals surface area contributed by atoms with Crippen LogP contribution in [0.15, 0.2) is 30.5 Å². The van der Waals surface area contributed by atoms with Crippen molar-refractivity contribution in [2.24, 2.45) is 5.73 Å². The summed E-state index contributed by atoms with van der Waals surface area (Å²) in [5.41, 5.74) is 7.56. The smallest absolute Gasteiger partial charge is 0.272 e. The van der Waals surface area contributed by atoms with Gasteiger partial charge in [-0.05, 0) is 13.0 Å². The number of hydrogen-bond donors (Lipinski definition) is 1. The van der Waals surface area contributed by atoms with E-state index in [-0.39, 0.29) is 10.6 Å². The molecule has 1 aromatic carbocycles. The fourth-order valence-electron chi connectivity index (χ4n) is 1.95. The molecule has 0 atom stereocenters. The molecule has 0 fully saturated rings. The van der Waals surface area contributed by atoms with Crippen LogP contribution in [0.3, 0.4) is 0 Å². The van der Waals surface area contributed by atoms with Gasteiger partial charge in [-0.25, -0.2) is 9.97 Å². The predicted octanol–water partition coefficient (Wildman–Crippen LogP) is 1.76. The number of rotatable bonds is 5. The summed E-state index contributed by atoms with van der Waals surface area (Å²) in [6, 6.07) is 6.80. The second-order valence-corrected chi connectivity index (χ2v) is 4.71. The lowest BCUT2D eigenvalue weighted by Crippen LogP contribution is -2.26. The van der Waals surface area contributed by atoms with Gasteiger partial charge in [0.25, 0.3) is 5.69 Å². The maximum Gasteiger partial charge on any atom is 0.272 e. The quantitative estimate of drug-likeness (QED) is 0.664. The number of anilines is 1. The molecule has 0 aliphatic carbocycles. The van der Waals surface area contributed by atoms with Crippen LogP contribution in [-0.2, 0) is 0 Å². The number of nitro benzene ring substituents is 1. The van der Waals surface area contributed by atoms with Crippen LogP contribution in [0.2, 0.25) is 0 Å². The van der Waals surface area contributed by atoms with Crippen LogP contribution in [0, 0.1) is 17.0 Å². The molecular formula is C14H17N5O2. The van der Waals surface area contributed by atoms with Gasteiger partial charge in [0.15, 0.2) is 0 Å². The highest BCUT2D eigenvalue weighted by Crippen LogP contribution is 2.26. The van der Waals surface area contributed by atoms with Crippen molar-refractivity contribution in [1.82, 2.24) is 9.97 Å². The first-order valence-corrected chi connectivity index (χ1v) is 6.52. The Morgan fingerprint density at radius 2 is 2.14 bits per heavy atom. The number of nitrogens with two attached hydrogens (primary N) is 1. The minimum Gasteiger partial charge on any atom is -0.343 e. The highest BCUT2D eigenvalue weighted by molar-refractivity contribution is 5.64. The van der Waals surface area contributed by atoms with Crippen molar-refractivity contribution >= 4 is 11.6 Å². The Labute approximate surface area is 122 Å². The number of benzene rings is 1. The summed E-state index contributed by atoms with van der Waals surface area (Å²) in [6.07, 6.45) is 1.64. The molecule has 0 saturated heterocycles. The lowest BCUT2D eigenvalue weighted by molar-refractivity contribution is -0.385. The average molecular weight is 287 g/mol. The van der Waals surface area contributed by atoms with Crippen LogP contribution in [-0.4, -0.2) is 35.0 Å². The third kappa shape index (κ3) is 3.32. The Hall–Kier alpha value is -2.54. The van der Waals surface area contributed by atoms with Gasteiger partial charge in [-0.15, -0.1) is 0 Å². The van der Waals surface area contributed by atoms with E-state index in [4.69, 9.17) is 5.73 Å². The van der Waals surface area contributed by atoms with Gasteiger partial charge in [-0.3, -0.25) is 10.1 Å². The van der Waals surface area contributed by atoms with E-state index < -0.39 is 0 Å². The molecule has 7 heteroatoms. The molecule has 1 heterocycles. The van der Waals surface area contributed by atoms with Gasteiger partial charge in [0.1, 0.15) is 0 Å². The van der Waals surface area contributed by atoms with Gasteiger partial charge in [-0.2, -0.15) is 0 Å². The fourth-order valence-corrected chi connectivity index (χ4v) is 1.95. The normalized spacial score (nSPS) is 10.4. The summed E-state index contributed by atoms with van der Waals surface area (Å²) >= 11 is 0. The maximum atomic E-state index is 11.0. The van der Waals surface area contributed by atoms with Crippen LogP contribution in [0.25, 0.3) is 11.3 Å². The summed E-state index contributed by atoms with van der Waals surface area (Å²) in [5.74, 6) is 0.543. The minimum absolute atomic E-state index is 0.0861. The van der Waals surface area contributed by atoms with Crippen molar-refractivity contribution in [3.05, 3.63) is 46.1 Å². The van der Waals surface area contributed by atoms with Crippen LogP contribution < -0.4 is 10.6 Å². The number of hydrogen-bond acceptors (Lipinski definition) is 6. The molecule has 0 amide bonds. The molecule has 7 nitrogen and oxygen atoms in total. The average Bonchev–Trinajstić information content (AvgIpc) is 2.48. The zero-order valence-electron chi connectivity index (χ0n) is 12.0. The van der Waals surface area contributed by atoms with E-state index in [1.807, 2.05) is 18.0 Å². The zero-order valence-corrected chi connectivity index (χ0v) is 12.0. The van der Waals surface area contributed by atoms with Crippen LogP contribution >= 0.6 is 0 Å². The molecular weight excluding hydrogens is 270 g/mol. The Morgan fingerprint density at radius 1 is 1.38 bits per heavy atom. The van der Waals surface area contributed by atoms with E-state index in [9.17, 15) is 10.1 Å². The van der Waals surface area contributed by atoms with Gasteiger partial charge < -0.3 is 10.6 Å². The monoisotopic (exact) mass is 287 g/mol. The lowest BCUT2D eigenvalue weighted by atomic mass is 10.1. The van der Waals surface area contributed by atoms with Gasteiger partial charge in [0.2, 0.25) is 5.95 Å². The van der Waals surface area contributed by atoms with E-state index in [1.165, 1.54) is 6.07 Å². The van der Waals surface area contributed by atoms with Gasteiger partial charge in [0, 0.05) is 43.5 Å². The lowest BCUT2D eigenvalue weighted by Gasteiger charge is -2.16. The highest BCUT2D eigenvalue weighted by Gasteiger charge is 2.13. The molecule has 1 aromatic heterocycles. The molecule has 0 bridgehead atoms. The highest BCUT2D eigenvalue weighted by atomic mass is 16.6. The molecule has 0 aliphatic rings. The molecule has 110 valence electrons. The molecule has 0 unspecified atom stereocenters. The Kier molecular flexibility index (Phi) is 4.44. The van der Waals surface area contributed by atoms with Crippen molar-refractivity contribution in [3.8, 4) is 11.3 Å². The van der Waals surface area contributed by atoms with E-state index in [2.05, 4.69) is 9.97 Å². The van der Waals surface area contributed by atoms with E-state index in [0.717, 1.165) is 0 Å². The number of likely N-dealkylation sites (N-methyl/N-ethyl adjacent to an activating group) is 1. The molecule has 0 radical (unpaired) electrons. The second-order valence-electron chi connectivity index (χ2n) is 4.71. The third-order valence-electron chi connectivity index (χ3n) is 3.15. The van der Waals surface area contributed by atoms with Crippen molar-refractivity contribution in [2.45, 2.75) is 6.92 Å². The van der Waals surface area contributed by atoms with E-state index >= 15 is 0 Å². The summed E-state index contributed by atoms with van der Waals surface area (Å²) in [6.45, 7) is 2.85. The maximum absolute atomic E-state index is 11.0. The number of aryl methyl sites for hydroxylation is 1. The first-order valence-electron chi connectivity index (χ1n) is 6.52. The Balaban J connectivity index is 2.40. The van der Waals surface area contributed by atoms with Gasteiger partial charge in [-0.1, -0.05) is 12.1 Å². The third-order valence-corrected chi connectivity index (χ3v) is 3.15. The van der Waals surface area contributed by atoms with Gasteiger partial charge >= 0.3 is 0 Å². The number of nitro groups is 1. The summed E-state index contributed by atoms with van der Waals surface area (Å²) in [4.78, 5) is 21.1. The molecule has 0 saturated carbocycles. The van der Waals surface area contributed by atoms with Crippen molar-refractivity contribution in [2.75, 3.05) is 25.0 Å². The molecule has 21 heavy (non-hydrogen) atoms. The predicted molar refractivity (Wildman–Crippen MR) is 81.2 cm³/mol. The van der Waals surface area contributed by atoms with Crippen LogP contribution in [0.1, 0.15) is 5.56 Å². The van der Waals surface area contributed by atoms with Gasteiger partial charge in [0.05, 0.1) is 10.6 Å². The molecule has 0 spiro atoms. The van der Waals surface area contributed by atoms with Crippen LogP contribution in [0.4, 0.5) is 11.6 Å². The molecule has 0 aliphatic heterocycles. The largest absolute Gasteiger partial charge is 0.343 e. The molecule has 2 aromatic rings. The first-order chi connectivity index (χ1) is 10.0. The molecule has 2 N–H and O–H groups in total. The van der Waals surface area contributed by atoms with E-state index in [1.54, 1.807) is 25.3 Å². The SMILES string of the molecule is Cc1ccc(-c2ccnc(N(C)CCN)n2)cc1[N+](=O)[O-]. The fraction of sp³-hybridized carbons (Fsp3) is 0.286. The van der Waals surface area contributed by atoms with Crippen molar-refractivity contribution in [3.63, 3.8) is 0 Å². The summed E-state index contributed by atoms with van der Waals surface area (Å²) in [5, 5.41) is 11.0. The summed E-state index contributed by atoms with van der Waals surface area (Å²) in [7, 11) is 1.85. The topological polar surface area (TPSA) is 98.2 Å².